The highest BCUT2D eigenvalue weighted by Gasteiger charge is 2.14. The van der Waals surface area contributed by atoms with Gasteiger partial charge in [-0.1, -0.05) is 0 Å². The van der Waals surface area contributed by atoms with Crippen molar-refractivity contribution in [3.63, 3.8) is 0 Å². The smallest absolute Gasteiger partial charge is 0.287 e. The summed E-state index contributed by atoms with van der Waals surface area (Å²) in [5.74, 6) is 0.622. The van der Waals surface area contributed by atoms with Crippen LogP contribution in [-0.2, 0) is 13.2 Å². The molecule has 7 heteroatoms. The highest BCUT2D eigenvalue weighted by molar-refractivity contribution is 5.91. The summed E-state index contributed by atoms with van der Waals surface area (Å²) in [6.45, 7) is 2.61. The second-order valence-corrected chi connectivity index (χ2v) is 5.61. The van der Waals surface area contributed by atoms with Gasteiger partial charge in [0.05, 0.1) is 6.54 Å². The van der Waals surface area contributed by atoms with Crippen LogP contribution in [0.2, 0.25) is 0 Å². The van der Waals surface area contributed by atoms with Crippen molar-refractivity contribution in [1.29, 1.82) is 0 Å². The van der Waals surface area contributed by atoms with Crippen molar-refractivity contribution in [2.75, 3.05) is 0 Å². The number of halogens is 1. The van der Waals surface area contributed by atoms with E-state index >= 15 is 0 Å². The molecule has 1 N–H and O–H groups in total. The van der Waals surface area contributed by atoms with Gasteiger partial charge in [0.25, 0.3) is 5.91 Å². The Morgan fingerprint density at radius 2 is 2.12 bits per heavy atom. The van der Waals surface area contributed by atoms with Crippen LogP contribution >= 0.6 is 0 Å². The largest absolute Gasteiger partial charge is 0.486 e. The lowest BCUT2D eigenvalue weighted by Crippen LogP contribution is -2.35. The van der Waals surface area contributed by atoms with Crippen LogP contribution in [0.25, 0.3) is 0 Å². The minimum absolute atomic E-state index is 0.101. The number of aromatic nitrogens is 2. The Morgan fingerprint density at radius 1 is 1.32 bits per heavy atom. The zero-order chi connectivity index (χ0) is 17.6. The lowest BCUT2D eigenvalue weighted by molar-refractivity contribution is 0.0904. The second kappa shape index (κ2) is 7.65. The predicted molar refractivity (Wildman–Crippen MR) is 88.6 cm³/mol. The van der Waals surface area contributed by atoms with Gasteiger partial charge in [-0.15, -0.1) is 0 Å². The summed E-state index contributed by atoms with van der Waals surface area (Å²) in [6.07, 6.45) is 3.52. The summed E-state index contributed by atoms with van der Waals surface area (Å²) >= 11 is 0. The van der Waals surface area contributed by atoms with Crippen molar-refractivity contribution < 1.29 is 18.3 Å². The van der Waals surface area contributed by atoms with Crippen LogP contribution in [0.1, 0.15) is 23.2 Å². The minimum atomic E-state index is -0.325. The van der Waals surface area contributed by atoms with Gasteiger partial charge in [0, 0.05) is 18.4 Å². The quantitative estimate of drug-likeness (QED) is 0.716. The lowest BCUT2D eigenvalue weighted by atomic mass is 10.3. The van der Waals surface area contributed by atoms with E-state index in [2.05, 4.69) is 10.4 Å². The van der Waals surface area contributed by atoms with Gasteiger partial charge in [0.15, 0.2) is 5.76 Å². The molecule has 25 heavy (non-hydrogen) atoms. The molecule has 0 aliphatic rings. The van der Waals surface area contributed by atoms with Gasteiger partial charge in [-0.05, 0) is 49.4 Å². The number of amides is 1. The molecule has 0 spiro atoms. The Labute approximate surface area is 144 Å². The second-order valence-electron chi connectivity index (χ2n) is 5.61. The molecule has 2 aromatic heterocycles. The summed E-state index contributed by atoms with van der Waals surface area (Å²) in [6, 6.07) is 10.7. The fourth-order valence-electron chi connectivity index (χ4n) is 2.29. The average molecular weight is 343 g/mol. The van der Waals surface area contributed by atoms with E-state index in [4.69, 9.17) is 9.15 Å². The van der Waals surface area contributed by atoms with E-state index < -0.39 is 0 Å². The molecule has 1 aromatic carbocycles. The van der Waals surface area contributed by atoms with Crippen LogP contribution in [0.3, 0.4) is 0 Å². The summed E-state index contributed by atoms with van der Waals surface area (Å²) in [7, 11) is 0. The van der Waals surface area contributed by atoms with Crippen LogP contribution in [0.15, 0.2) is 59.3 Å². The van der Waals surface area contributed by atoms with Gasteiger partial charge in [-0.3, -0.25) is 9.48 Å². The van der Waals surface area contributed by atoms with E-state index in [0.29, 0.717) is 18.1 Å². The normalized spacial score (nSPS) is 11.9. The maximum atomic E-state index is 12.8. The molecular weight excluding hydrogens is 325 g/mol. The first-order valence-corrected chi connectivity index (χ1v) is 7.85. The SMILES string of the molecule is CC(Cn1cccn1)NC(=O)c1ccc(COc2ccc(F)cc2)o1. The monoisotopic (exact) mass is 343 g/mol. The van der Waals surface area contributed by atoms with Crippen molar-refractivity contribution >= 4 is 5.91 Å². The fraction of sp³-hybridized carbons (Fsp3) is 0.222. The fourth-order valence-corrected chi connectivity index (χ4v) is 2.29. The Hall–Kier alpha value is -3.09. The van der Waals surface area contributed by atoms with E-state index in [1.165, 1.54) is 24.3 Å². The maximum absolute atomic E-state index is 12.8. The van der Waals surface area contributed by atoms with Crippen molar-refractivity contribution in [3.05, 3.63) is 72.2 Å². The number of carbonyl (C=O) groups is 1. The standard InChI is InChI=1S/C18H18FN3O3/c1-13(11-22-10-2-9-20-22)21-18(23)17-8-7-16(25-17)12-24-15-5-3-14(19)4-6-15/h2-10,13H,11-12H2,1H3,(H,21,23). The third kappa shape index (κ3) is 4.69. The van der Waals surface area contributed by atoms with Gasteiger partial charge >= 0.3 is 0 Å². The predicted octanol–water partition coefficient (Wildman–Crippen LogP) is 3.01. The van der Waals surface area contributed by atoms with Crippen LogP contribution in [0, 0.1) is 5.82 Å². The highest BCUT2D eigenvalue weighted by Crippen LogP contribution is 2.15. The lowest BCUT2D eigenvalue weighted by Gasteiger charge is -2.12. The van der Waals surface area contributed by atoms with Crippen LogP contribution < -0.4 is 10.1 Å². The first-order chi connectivity index (χ1) is 12.1. The average Bonchev–Trinajstić information content (AvgIpc) is 3.26. The van der Waals surface area contributed by atoms with Crippen molar-refractivity contribution in [1.82, 2.24) is 15.1 Å². The van der Waals surface area contributed by atoms with Crippen molar-refractivity contribution in [3.8, 4) is 5.75 Å². The molecule has 2 heterocycles. The number of nitrogens with zero attached hydrogens (tertiary/aromatic N) is 2. The van der Waals surface area contributed by atoms with E-state index in [1.807, 2.05) is 19.2 Å². The highest BCUT2D eigenvalue weighted by atomic mass is 19.1. The number of furan rings is 1. The molecule has 0 aliphatic carbocycles. The topological polar surface area (TPSA) is 69.3 Å². The van der Waals surface area contributed by atoms with Gasteiger partial charge < -0.3 is 14.5 Å². The molecule has 0 fully saturated rings. The molecular formula is C18H18FN3O3. The zero-order valence-corrected chi connectivity index (χ0v) is 13.7. The van der Waals surface area contributed by atoms with E-state index in [-0.39, 0.29) is 30.1 Å². The number of ether oxygens (including phenoxy) is 1. The van der Waals surface area contributed by atoms with Crippen molar-refractivity contribution in [2.24, 2.45) is 0 Å². The van der Waals surface area contributed by atoms with Crippen LogP contribution in [0.4, 0.5) is 4.39 Å². The molecule has 0 saturated carbocycles. The Kier molecular flexibility index (Phi) is 5.13. The molecule has 0 saturated heterocycles. The molecule has 3 rings (SSSR count). The number of rotatable bonds is 7. The summed E-state index contributed by atoms with van der Waals surface area (Å²) < 4.78 is 25.6. The molecule has 0 bridgehead atoms. The maximum Gasteiger partial charge on any atom is 0.287 e. The Morgan fingerprint density at radius 3 is 2.84 bits per heavy atom. The molecule has 3 aromatic rings. The Bertz CT molecular complexity index is 812. The molecule has 0 radical (unpaired) electrons. The molecule has 6 nitrogen and oxygen atoms in total. The summed E-state index contributed by atoms with van der Waals surface area (Å²) in [4.78, 5) is 12.2. The van der Waals surface area contributed by atoms with Gasteiger partial charge in [-0.2, -0.15) is 5.10 Å². The first kappa shape index (κ1) is 16.8. The van der Waals surface area contributed by atoms with Crippen LogP contribution in [-0.4, -0.2) is 21.7 Å². The molecule has 1 amide bonds. The van der Waals surface area contributed by atoms with Gasteiger partial charge in [0.1, 0.15) is 23.9 Å². The van der Waals surface area contributed by atoms with Gasteiger partial charge in [0.2, 0.25) is 0 Å². The number of hydrogen-bond donors (Lipinski definition) is 1. The number of hydrogen-bond acceptors (Lipinski definition) is 4. The number of carbonyl (C=O) groups excluding carboxylic acids is 1. The zero-order valence-electron chi connectivity index (χ0n) is 13.7. The molecule has 0 aliphatic heterocycles. The number of nitrogens with one attached hydrogen (secondary N) is 1. The summed E-state index contributed by atoms with van der Waals surface area (Å²) in [5.41, 5.74) is 0. The van der Waals surface area contributed by atoms with Gasteiger partial charge in [-0.25, -0.2) is 4.39 Å². The third-order valence-electron chi connectivity index (χ3n) is 3.48. The third-order valence-corrected chi connectivity index (χ3v) is 3.48. The first-order valence-electron chi connectivity index (χ1n) is 7.85. The Balaban J connectivity index is 1.51. The van der Waals surface area contributed by atoms with Crippen molar-refractivity contribution in [2.45, 2.75) is 26.1 Å². The molecule has 1 unspecified atom stereocenters. The minimum Gasteiger partial charge on any atom is -0.486 e. The van der Waals surface area contributed by atoms with E-state index in [1.54, 1.807) is 23.0 Å². The molecule has 130 valence electrons. The van der Waals surface area contributed by atoms with E-state index in [9.17, 15) is 9.18 Å². The summed E-state index contributed by atoms with van der Waals surface area (Å²) in [5, 5.41) is 6.95. The van der Waals surface area contributed by atoms with Crippen LogP contribution in [0.5, 0.6) is 5.75 Å². The van der Waals surface area contributed by atoms with E-state index in [0.717, 1.165) is 0 Å². The molecule has 1 atom stereocenters. The number of benzene rings is 1.